The lowest BCUT2D eigenvalue weighted by Gasteiger charge is -2.07. The Morgan fingerprint density at radius 3 is 2.65 bits per heavy atom. The van der Waals surface area contributed by atoms with Gasteiger partial charge in [-0.3, -0.25) is 9.89 Å². The van der Waals surface area contributed by atoms with Crippen molar-refractivity contribution in [3.8, 4) is 0 Å². The van der Waals surface area contributed by atoms with E-state index in [4.69, 9.17) is 0 Å². The maximum atomic E-state index is 11.9. The minimum Gasteiger partial charge on any atom is -0.355 e. The molecule has 0 bridgehead atoms. The molecule has 0 saturated carbocycles. The van der Waals surface area contributed by atoms with Crippen LogP contribution in [0.4, 0.5) is 0 Å². The first-order valence-corrected chi connectivity index (χ1v) is 6.89. The van der Waals surface area contributed by atoms with Gasteiger partial charge in [-0.15, -0.1) is 0 Å². The van der Waals surface area contributed by atoms with E-state index in [1.807, 2.05) is 26.0 Å². The zero-order chi connectivity index (χ0) is 14.5. The lowest BCUT2D eigenvalue weighted by molar-refractivity contribution is -0.120. The molecule has 1 amide bonds. The number of nitrogens with zero attached hydrogens (tertiary/aromatic N) is 1. The molecule has 2 aromatic rings. The molecule has 2 N–H and O–H groups in total. The Labute approximate surface area is 119 Å². The van der Waals surface area contributed by atoms with Gasteiger partial charge in [-0.1, -0.05) is 24.3 Å². The minimum atomic E-state index is 0.0474. The summed E-state index contributed by atoms with van der Waals surface area (Å²) >= 11 is 0. The second kappa shape index (κ2) is 6.37. The van der Waals surface area contributed by atoms with Crippen LogP contribution >= 0.6 is 0 Å². The van der Waals surface area contributed by atoms with Gasteiger partial charge >= 0.3 is 0 Å². The van der Waals surface area contributed by atoms with Crippen LogP contribution in [0.1, 0.15) is 28.1 Å². The van der Waals surface area contributed by atoms with Crippen LogP contribution < -0.4 is 5.32 Å². The molecule has 0 saturated heterocycles. The molecule has 0 aliphatic carbocycles. The van der Waals surface area contributed by atoms with Gasteiger partial charge in [0.15, 0.2) is 0 Å². The van der Waals surface area contributed by atoms with E-state index in [0.29, 0.717) is 13.0 Å². The Balaban J connectivity index is 1.83. The van der Waals surface area contributed by atoms with E-state index in [0.717, 1.165) is 23.4 Å². The molecule has 0 spiro atoms. The number of hydrogen-bond donors (Lipinski definition) is 2. The van der Waals surface area contributed by atoms with Gasteiger partial charge in [0.2, 0.25) is 5.91 Å². The average molecular weight is 271 g/mol. The number of aromatic nitrogens is 2. The van der Waals surface area contributed by atoms with Crippen LogP contribution in [0.2, 0.25) is 0 Å². The Hall–Kier alpha value is -2.10. The number of aromatic amines is 1. The Kier molecular flexibility index (Phi) is 4.56. The summed E-state index contributed by atoms with van der Waals surface area (Å²) in [4.78, 5) is 11.9. The van der Waals surface area contributed by atoms with Crippen molar-refractivity contribution in [2.75, 3.05) is 6.54 Å². The SMILES string of the molecule is Cc1ccccc1CCNC(=O)Cc1c(C)n[nH]c1C. The number of rotatable bonds is 5. The first-order valence-electron chi connectivity index (χ1n) is 6.89. The maximum Gasteiger partial charge on any atom is 0.224 e. The summed E-state index contributed by atoms with van der Waals surface area (Å²) in [5.41, 5.74) is 5.42. The van der Waals surface area contributed by atoms with Gasteiger partial charge in [0.1, 0.15) is 0 Å². The van der Waals surface area contributed by atoms with Crippen LogP contribution in [0.15, 0.2) is 24.3 Å². The van der Waals surface area contributed by atoms with Crippen LogP contribution in [-0.4, -0.2) is 22.6 Å². The molecule has 1 heterocycles. The quantitative estimate of drug-likeness (QED) is 0.876. The fraction of sp³-hybridized carbons (Fsp3) is 0.375. The van der Waals surface area contributed by atoms with Crippen LogP contribution in [-0.2, 0) is 17.6 Å². The number of hydrogen-bond acceptors (Lipinski definition) is 2. The molecule has 1 aromatic carbocycles. The standard InChI is InChI=1S/C16H21N3O/c1-11-6-4-5-7-14(11)8-9-17-16(20)10-15-12(2)18-19-13(15)3/h4-7H,8-10H2,1-3H3,(H,17,20)(H,18,19). The monoisotopic (exact) mass is 271 g/mol. The van der Waals surface area contributed by atoms with Crippen molar-refractivity contribution in [2.24, 2.45) is 0 Å². The Morgan fingerprint density at radius 1 is 1.25 bits per heavy atom. The molecule has 2 rings (SSSR count). The summed E-state index contributed by atoms with van der Waals surface area (Å²) in [5.74, 6) is 0.0474. The lowest BCUT2D eigenvalue weighted by atomic mass is 10.1. The van der Waals surface area contributed by atoms with Crippen molar-refractivity contribution in [3.05, 3.63) is 52.3 Å². The molecular formula is C16H21N3O. The molecule has 0 aliphatic heterocycles. The summed E-state index contributed by atoms with van der Waals surface area (Å²) in [5, 5.41) is 9.98. The third-order valence-electron chi connectivity index (χ3n) is 3.60. The van der Waals surface area contributed by atoms with Gasteiger partial charge < -0.3 is 5.32 Å². The van der Waals surface area contributed by atoms with Gasteiger partial charge in [0.05, 0.1) is 12.1 Å². The van der Waals surface area contributed by atoms with Crippen LogP contribution in [0.25, 0.3) is 0 Å². The molecular weight excluding hydrogens is 250 g/mol. The van der Waals surface area contributed by atoms with Crippen molar-refractivity contribution < 1.29 is 4.79 Å². The number of carbonyl (C=O) groups excluding carboxylic acids is 1. The molecule has 0 unspecified atom stereocenters. The highest BCUT2D eigenvalue weighted by atomic mass is 16.1. The van der Waals surface area contributed by atoms with E-state index in [9.17, 15) is 4.79 Å². The minimum absolute atomic E-state index is 0.0474. The second-order valence-electron chi connectivity index (χ2n) is 5.12. The Morgan fingerprint density at radius 2 is 2.00 bits per heavy atom. The van der Waals surface area contributed by atoms with E-state index in [1.165, 1.54) is 11.1 Å². The van der Waals surface area contributed by atoms with E-state index in [-0.39, 0.29) is 5.91 Å². The number of benzene rings is 1. The third kappa shape index (κ3) is 3.47. The summed E-state index contributed by atoms with van der Waals surface area (Å²) < 4.78 is 0. The van der Waals surface area contributed by atoms with Crippen molar-refractivity contribution in [1.29, 1.82) is 0 Å². The number of carbonyl (C=O) groups is 1. The summed E-state index contributed by atoms with van der Waals surface area (Å²) in [6, 6.07) is 8.26. The van der Waals surface area contributed by atoms with E-state index in [1.54, 1.807) is 0 Å². The fourth-order valence-corrected chi connectivity index (χ4v) is 2.28. The molecule has 4 nitrogen and oxygen atoms in total. The predicted octanol–water partition coefficient (Wildman–Crippen LogP) is 2.24. The van der Waals surface area contributed by atoms with Crippen molar-refractivity contribution in [1.82, 2.24) is 15.5 Å². The molecule has 0 atom stereocenters. The molecule has 0 radical (unpaired) electrons. The summed E-state index contributed by atoms with van der Waals surface area (Å²) in [6.45, 7) is 6.62. The maximum absolute atomic E-state index is 11.9. The number of H-pyrrole nitrogens is 1. The van der Waals surface area contributed by atoms with Gasteiger partial charge in [-0.25, -0.2) is 0 Å². The van der Waals surface area contributed by atoms with Gasteiger partial charge in [-0.2, -0.15) is 5.10 Å². The first-order chi connectivity index (χ1) is 9.58. The number of amides is 1. The predicted molar refractivity (Wildman–Crippen MR) is 79.7 cm³/mol. The fourth-order valence-electron chi connectivity index (χ4n) is 2.28. The van der Waals surface area contributed by atoms with E-state index in [2.05, 4.69) is 34.6 Å². The summed E-state index contributed by atoms with van der Waals surface area (Å²) in [7, 11) is 0. The largest absolute Gasteiger partial charge is 0.355 e. The van der Waals surface area contributed by atoms with Crippen molar-refractivity contribution in [2.45, 2.75) is 33.6 Å². The highest BCUT2D eigenvalue weighted by Gasteiger charge is 2.10. The molecule has 106 valence electrons. The molecule has 1 aromatic heterocycles. The van der Waals surface area contributed by atoms with Gasteiger partial charge in [0, 0.05) is 17.8 Å². The van der Waals surface area contributed by atoms with E-state index < -0.39 is 0 Å². The molecule has 4 heteroatoms. The van der Waals surface area contributed by atoms with Crippen LogP contribution in [0, 0.1) is 20.8 Å². The van der Waals surface area contributed by atoms with E-state index >= 15 is 0 Å². The topological polar surface area (TPSA) is 57.8 Å². The second-order valence-corrected chi connectivity index (χ2v) is 5.12. The van der Waals surface area contributed by atoms with Crippen LogP contribution in [0.3, 0.4) is 0 Å². The highest BCUT2D eigenvalue weighted by Crippen LogP contribution is 2.10. The van der Waals surface area contributed by atoms with Crippen molar-refractivity contribution in [3.63, 3.8) is 0 Å². The van der Waals surface area contributed by atoms with Crippen LogP contribution in [0.5, 0.6) is 0 Å². The zero-order valence-electron chi connectivity index (χ0n) is 12.3. The number of nitrogens with one attached hydrogen (secondary N) is 2. The molecule has 0 fully saturated rings. The average Bonchev–Trinajstić information content (AvgIpc) is 2.73. The van der Waals surface area contributed by atoms with Crippen molar-refractivity contribution >= 4 is 5.91 Å². The van der Waals surface area contributed by atoms with Gasteiger partial charge in [-0.05, 0) is 38.3 Å². The normalized spacial score (nSPS) is 10.6. The summed E-state index contributed by atoms with van der Waals surface area (Å²) in [6.07, 6.45) is 1.25. The lowest BCUT2D eigenvalue weighted by Crippen LogP contribution is -2.27. The molecule has 0 aliphatic rings. The molecule has 20 heavy (non-hydrogen) atoms. The first kappa shape index (κ1) is 14.3. The zero-order valence-corrected chi connectivity index (χ0v) is 12.3. The van der Waals surface area contributed by atoms with Gasteiger partial charge in [0.25, 0.3) is 0 Å². The smallest absolute Gasteiger partial charge is 0.224 e. The number of aryl methyl sites for hydroxylation is 3. The highest BCUT2D eigenvalue weighted by molar-refractivity contribution is 5.79. The Bertz CT molecular complexity index is 582. The third-order valence-corrected chi connectivity index (χ3v) is 3.60.